The molecule has 33 heavy (non-hydrogen) atoms. The lowest BCUT2D eigenvalue weighted by atomic mass is 9.97. The van der Waals surface area contributed by atoms with E-state index in [-0.39, 0.29) is 18.1 Å². The van der Waals surface area contributed by atoms with Crippen LogP contribution in [0.2, 0.25) is 0 Å². The fourth-order valence-corrected chi connectivity index (χ4v) is 4.25. The standard InChI is InChI=1S/C25H20F3NO4/c26-25(27,28)21-12-6-5-11-19(21)22(13-23(30)31)29-24(32)33-14-20-17-9-3-1-7-15(17)16-8-2-4-10-18(16)20/h1-12,20,22H,13-14H2,(H,29,32)(H,30,31)/p-1/t22-/m0/s1. The Morgan fingerprint density at radius 2 is 1.45 bits per heavy atom. The number of carbonyl (C=O) groups excluding carboxylic acids is 2. The molecule has 0 spiro atoms. The van der Waals surface area contributed by atoms with E-state index < -0.39 is 36.3 Å². The molecule has 1 aliphatic rings. The number of fused-ring (bicyclic) bond motifs is 3. The number of nitrogens with one attached hydrogen (secondary N) is 1. The average molecular weight is 454 g/mol. The number of hydrogen-bond acceptors (Lipinski definition) is 4. The summed E-state index contributed by atoms with van der Waals surface area (Å²) in [6.07, 6.45) is -6.57. The molecule has 0 radical (unpaired) electrons. The maximum absolute atomic E-state index is 13.4. The molecule has 0 bridgehead atoms. The molecule has 0 fully saturated rings. The molecule has 1 N–H and O–H groups in total. The molecule has 8 heteroatoms. The quantitative estimate of drug-likeness (QED) is 0.598. The molecule has 0 aliphatic heterocycles. The Labute approximate surface area is 187 Å². The van der Waals surface area contributed by atoms with Gasteiger partial charge in [0.25, 0.3) is 0 Å². The maximum Gasteiger partial charge on any atom is 0.416 e. The molecule has 1 atom stereocenters. The van der Waals surface area contributed by atoms with Crippen molar-refractivity contribution in [3.8, 4) is 11.1 Å². The van der Waals surface area contributed by atoms with Crippen LogP contribution in [0.15, 0.2) is 72.8 Å². The third-order valence-corrected chi connectivity index (χ3v) is 5.65. The van der Waals surface area contributed by atoms with Crippen LogP contribution >= 0.6 is 0 Å². The van der Waals surface area contributed by atoms with Crippen molar-refractivity contribution >= 4 is 12.1 Å². The number of rotatable bonds is 6. The highest BCUT2D eigenvalue weighted by Crippen LogP contribution is 2.44. The number of carboxylic acids is 1. The van der Waals surface area contributed by atoms with Crippen molar-refractivity contribution in [2.24, 2.45) is 0 Å². The van der Waals surface area contributed by atoms with E-state index in [0.29, 0.717) is 0 Å². The van der Waals surface area contributed by atoms with Crippen LogP contribution in [0.3, 0.4) is 0 Å². The normalized spacial score (nSPS) is 13.7. The van der Waals surface area contributed by atoms with Crippen LogP contribution in [-0.2, 0) is 15.7 Å². The van der Waals surface area contributed by atoms with Crippen molar-refractivity contribution in [2.75, 3.05) is 6.61 Å². The van der Waals surface area contributed by atoms with Gasteiger partial charge in [0.2, 0.25) is 0 Å². The van der Waals surface area contributed by atoms with Gasteiger partial charge in [0.1, 0.15) is 6.61 Å². The Hall–Kier alpha value is -3.81. The van der Waals surface area contributed by atoms with E-state index in [9.17, 15) is 27.9 Å². The SMILES string of the molecule is O=C([O-])C[C@H](NC(=O)OCC1c2ccccc2-c2ccccc21)c1ccccc1C(F)(F)F. The summed E-state index contributed by atoms with van der Waals surface area (Å²) in [6, 6.07) is 18.4. The first-order chi connectivity index (χ1) is 15.8. The van der Waals surface area contributed by atoms with Crippen LogP contribution in [0.5, 0.6) is 0 Å². The van der Waals surface area contributed by atoms with Gasteiger partial charge in [-0.2, -0.15) is 13.2 Å². The van der Waals surface area contributed by atoms with E-state index >= 15 is 0 Å². The van der Waals surface area contributed by atoms with Gasteiger partial charge in [-0.1, -0.05) is 66.7 Å². The number of alkyl carbamates (subject to hydrolysis) is 1. The zero-order chi connectivity index (χ0) is 23.6. The molecule has 1 aliphatic carbocycles. The van der Waals surface area contributed by atoms with E-state index in [1.165, 1.54) is 12.1 Å². The van der Waals surface area contributed by atoms with Crippen molar-refractivity contribution in [1.29, 1.82) is 0 Å². The average Bonchev–Trinajstić information content (AvgIpc) is 3.10. The van der Waals surface area contributed by atoms with E-state index in [2.05, 4.69) is 5.32 Å². The fraction of sp³-hybridized carbons (Fsp3) is 0.200. The molecule has 5 nitrogen and oxygen atoms in total. The smallest absolute Gasteiger partial charge is 0.416 e. The maximum atomic E-state index is 13.4. The highest BCUT2D eigenvalue weighted by atomic mass is 19.4. The Bertz CT molecular complexity index is 1150. The van der Waals surface area contributed by atoms with E-state index in [4.69, 9.17) is 4.74 Å². The predicted octanol–water partition coefficient (Wildman–Crippen LogP) is 4.43. The second kappa shape index (κ2) is 8.97. The Morgan fingerprint density at radius 3 is 2.03 bits per heavy atom. The number of ether oxygens (including phenoxy) is 1. The molecule has 3 aromatic rings. The fourth-order valence-electron chi connectivity index (χ4n) is 4.25. The van der Waals surface area contributed by atoms with E-state index in [0.717, 1.165) is 34.4 Å². The number of hydrogen-bond donors (Lipinski definition) is 1. The minimum absolute atomic E-state index is 0.0567. The second-order valence-corrected chi connectivity index (χ2v) is 7.68. The van der Waals surface area contributed by atoms with Gasteiger partial charge < -0.3 is 20.0 Å². The molecule has 0 unspecified atom stereocenters. The van der Waals surface area contributed by atoms with Gasteiger partial charge in [-0.3, -0.25) is 0 Å². The number of carboxylic acid groups (broad SMARTS) is 1. The first-order valence-electron chi connectivity index (χ1n) is 10.2. The molecule has 1 amide bonds. The molecule has 4 rings (SSSR count). The third kappa shape index (κ3) is 4.69. The van der Waals surface area contributed by atoms with E-state index in [1.54, 1.807) is 0 Å². The highest BCUT2D eigenvalue weighted by Gasteiger charge is 2.36. The number of carbonyl (C=O) groups is 2. The topological polar surface area (TPSA) is 78.5 Å². The minimum atomic E-state index is -4.72. The lowest BCUT2D eigenvalue weighted by molar-refractivity contribution is -0.306. The van der Waals surface area contributed by atoms with Crippen LogP contribution < -0.4 is 10.4 Å². The number of amides is 1. The molecule has 3 aromatic carbocycles. The zero-order valence-electron chi connectivity index (χ0n) is 17.3. The Balaban J connectivity index is 1.53. The first-order valence-corrected chi connectivity index (χ1v) is 10.2. The van der Waals surface area contributed by atoms with Crippen LogP contribution in [0.1, 0.15) is 40.6 Å². The lowest BCUT2D eigenvalue weighted by Gasteiger charge is -2.23. The third-order valence-electron chi connectivity index (χ3n) is 5.65. The van der Waals surface area contributed by atoms with Gasteiger partial charge in [-0.05, 0) is 33.9 Å². The zero-order valence-corrected chi connectivity index (χ0v) is 17.3. The minimum Gasteiger partial charge on any atom is -0.550 e. The van der Waals surface area contributed by atoms with Gasteiger partial charge in [0, 0.05) is 18.3 Å². The number of aliphatic carboxylic acids is 1. The molecule has 0 aromatic heterocycles. The molecule has 0 saturated heterocycles. The van der Waals surface area contributed by atoms with Gasteiger partial charge in [-0.15, -0.1) is 0 Å². The summed E-state index contributed by atoms with van der Waals surface area (Å²) >= 11 is 0. The van der Waals surface area contributed by atoms with Crippen LogP contribution in [0.4, 0.5) is 18.0 Å². The molecule has 0 saturated carbocycles. The molecule has 170 valence electrons. The van der Waals surface area contributed by atoms with Crippen molar-refractivity contribution in [2.45, 2.75) is 24.6 Å². The van der Waals surface area contributed by atoms with Crippen molar-refractivity contribution in [3.63, 3.8) is 0 Å². The van der Waals surface area contributed by atoms with Gasteiger partial charge >= 0.3 is 12.3 Å². The lowest BCUT2D eigenvalue weighted by Crippen LogP contribution is -2.36. The largest absolute Gasteiger partial charge is 0.550 e. The second-order valence-electron chi connectivity index (χ2n) is 7.68. The van der Waals surface area contributed by atoms with E-state index in [1.807, 2.05) is 48.5 Å². The summed E-state index contributed by atoms with van der Waals surface area (Å²) < 4.78 is 45.6. The number of alkyl halides is 3. The number of halogens is 3. The molecular weight excluding hydrogens is 435 g/mol. The summed E-state index contributed by atoms with van der Waals surface area (Å²) in [7, 11) is 0. The molecular formula is C25H19F3NO4-. The Kier molecular flexibility index (Phi) is 6.09. The van der Waals surface area contributed by atoms with Crippen LogP contribution in [-0.4, -0.2) is 18.7 Å². The van der Waals surface area contributed by atoms with Crippen LogP contribution in [0, 0.1) is 0 Å². The first kappa shape index (κ1) is 22.4. The summed E-state index contributed by atoms with van der Waals surface area (Å²) in [5.41, 5.74) is 2.59. The Morgan fingerprint density at radius 1 is 0.909 bits per heavy atom. The van der Waals surface area contributed by atoms with Crippen molar-refractivity contribution in [3.05, 3.63) is 95.1 Å². The summed E-state index contributed by atoms with van der Waals surface area (Å²) in [5, 5.41) is 13.4. The van der Waals surface area contributed by atoms with Gasteiger partial charge in [0.05, 0.1) is 11.6 Å². The van der Waals surface area contributed by atoms with Gasteiger partial charge in [0.15, 0.2) is 0 Å². The number of benzene rings is 3. The summed E-state index contributed by atoms with van der Waals surface area (Å²) in [6.45, 7) is -0.0567. The highest BCUT2D eigenvalue weighted by molar-refractivity contribution is 5.79. The predicted molar refractivity (Wildman–Crippen MR) is 112 cm³/mol. The monoisotopic (exact) mass is 454 g/mol. The van der Waals surface area contributed by atoms with Crippen molar-refractivity contribution in [1.82, 2.24) is 5.32 Å². The van der Waals surface area contributed by atoms with Crippen molar-refractivity contribution < 1.29 is 32.6 Å². The van der Waals surface area contributed by atoms with Gasteiger partial charge in [-0.25, -0.2) is 4.79 Å². The summed E-state index contributed by atoms with van der Waals surface area (Å²) in [4.78, 5) is 23.7. The summed E-state index contributed by atoms with van der Waals surface area (Å²) in [5.74, 6) is -1.85. The molecule has 0 heterocycles. The van der Waals surface area contributed by atoms with Crippen LogP contribution in [0.25, 0.3) is 11.1 Å².